The Morgan fingerprint density at radius 2 is 2.00 bits per heavy atom. The number of hydrogen-bond acceptors (Lipinski definition) is 0. The molecule has 1 saturated carbocycles. The van der Waals surface area contributed by atoms with Crippen molar-refractivity contribution < 1.29 is 0 Å². The van der Waals surface area contributed by atoms with Crippen molar-refractivity contribution in [1.82, 2.24) is 0 Å². The second-order valence-corrected chi connectivity index (χ2v) is 4.25. The van der Waals surface area contributed by atoms with Crippen LogP contribution in [0.2, 0.25) is 0 Å². The van der Waals surface area contributed by atoms with Gasteiger partial charge in [0.1, 0.15) is 0 Å². The maximum Gasteiger partial charge on any atom is 0.0232 e. The Hall–Kier alpha value is -0.410. The molecular weight excluding hydrogens is 192 g/mol. The van der Waals surface area contributed by atoms with Gasteiger partial charge in [-0.05, 0) is 31.3 Å². The Labute approximate surface area is 92.7 Å². The van der Waals surface area contributed by atoms with Crippen LogP contribution in [-0.4, -0.2) is 5.88 Å². The lowest BCUT2D eigenvalue weighted by atomic mass is 9.89. The lowest BCUT2D eigenvalue weighted by Gasteiger charge is -2.17. The number of allylic oxidation sites excluding steroid dienone is 2. The van der Waals surface area contributed by atoms with Gasteiger partial charge in [-0.15, -0.1) is 11.6 Å². The largest absolute Gasteiger partial charge is 0.127 e. The Balaban J connectivity index is 2.13. The zero-order chi connectivity index (χ0) is 10.1. The lowest BCUT2D eigenvalue weighted by molar-refractivity contribution is 0.419. The zero-order valence-electron chi connectivity index (χ0n) is 8.77. The summed E-state index contributed by atoms with van der Waals surface area (Å²) in [5, 5.41) is 0. The Morgan fingerprint density at radius 1 is 1.21 bits per heavy atom. The van der Waals surface area contributed by atoms with Crippen molar-refractivity contribution in [3.05, 3.63) is 12.2 Å². The highest BCUT2D eigenvalue weighted by molar-refractivity contribution is 6.17. The van der Waals surface area contributed by atoms with Crippen LogP contribution in [-0.2, 0) is 0 Å². The van der Waals surface area contributed by atoms with Crippen LogP contribution in [0.3, 0.4) is 0 Å². The van der Waals surface area contributed by atoms with Gasteiger partial charge in [-0.3, -0.25) is 0 Å². The van der Waals surface area contributed by atoms with E-state index < -0.39 is 0 Å². The average Bonchev–Trinajstić information content (AvgIpc) is 2.25. The quantitative estimate of drug-likeness (QED) is 0.373. The van der Waals surface area contributed by atoms with Crippen molar-refractivity contribution in [2.75, 3.05) is 5.88 Å². The molecule has 0 atom stereocenters. The molecule has 0 N–H and O–H groups in total. The van der Waals surface area contributed by atoms with Crippen LogP contribution < -0.4 is 0 Å². The third-order valence-electron chi connectivity index (χ3n) is 2.64. The summed E-state index contributed by atoms with van der Waals surface area (Å²) >= 11 is 5.55. The standard InChI is InChI=1S/C13H19Cl/c14-12-8-3-1-2-5-9-13-10-6-4-7-11-13/h5,9,13H,3-4,6-8,10-12H2/b9-5+. The molecule has 1 heteroatoms. The third-order valence-corrected chi connectivity index (χ3v) is 2.91. The van der Waals surface area contributed by atoms with Crippen LogP contribution >= 0.6 is 11.6 Å². The van der Waals surface area contributed by atoms with Gasteiger partial charge in [-0.25, -0.2) is 0 Å². The molecule has 0 bridgehead atoms. The monoisotopic (exact) mass is 210 g/mol. The molecule has 0 spiro atoms. The molecule has 0 aromatic rings. The predicted molar refractivity (Wildman–Crippen MR) is 63.4 cm³/mol. The minimum absolute atomic E-state index is 0.723. The van der Waals surface area contributed by atoms with Gasteiger partial charge in [0, 0.05) is 12.3 Å². The molecule has 0 amide bonds. The van der Waals surface area contributed by atoms with Crippen LogP contribution in [0, 0.1) is 17.8 Å². The summed E-state index contributed by atoms with van der Waals surface area (Å²) in [5.74, 6) is 7.70. The highest BCUT2D eigenvalue weighted by atomic mass is 35.5. The molecule has 1 aliphatic rings. The van der Waals surface area contributed by atoms with Crippen LogP contribution in [0.15, 0.2) is 12.2 Å². The molecule has 0 saturated heterocycles. The molecule has 0 nitrogen and oxygen atoms in total. The van der Waals surface area contributed by atoms with Crippen LogP contribution in [0.1, 0.15) is 44.9 Å². The van der Waals surface area contributed by atoms with E-state index in [1.165, 1.54) is 32.1 Å². The van der Waals surface area contributed by atoms with Crippen molar-refractivity contribution in [1.29, 1.82) is 0 Å². The van der Waals surface area contributed by atoms with Crippen molar-refractivity contribution in [2.45, 2.75) is 44.9 Å². The second kappa shape index (κ2) is 7.94. The molecule has 0 aliphatic heterocycles. The minimum Gasteiger partial charge on any atom is -0.127 e. The van der Waals surface area contributed by atoms with Crippen molar-refractivity contribution >= 4 is 11.6 Å². The maximum absolute atomic E-state index is 5.55. The third kappa shape index (κ3) is 5.35. The normalized spacial score (nSPS) is 18.1. The summed E-state index contributed by atoms with van der Waals surface area (Å²) in [7, 11) is 0. The first-order chi connectivity index (χ1) is 6.93. The SMILES string of the molecule is ClCCCC#C/C=C/C1CCCCC1. The fraction of sp³-hybridized carbons (Fsp3) is 0.692. The molecule has 1 rings (SSSR count). The summed E-state index contributed by atoms with van der Waals surface area (Å²) in [5.41, 5.74) is 0. The van der Waals surface area contributed by atoms with E-state index in [0.29, 0.717) is 0 Å². The molecule has 0 aromatic carbocycles. The fourth-order valence-electron chi connectivity index (χ4n) is 1.80. The second-order valence-electron chi connectivity index (χ2n) is 3.87. The van der Waals surface area contributed by atoms with Gasteiger partial charge < -0.3 is 0 Å². The van der Waals surface area contributed by atoms with E-state index in [0.717, 1.165) is 24.6 Å². The van der Waals surface area contributed by atoms with Crippen molar-refractivity contribution in [3.63, 3.8) is 0 Å². The molecule has 78 valence electrons. The number of unbranched alkanes of at least 4 members (excludes halogenated alkanes) is 1. The first-order valence-electron chi connectivity index (χ1n) is 5.64. The van der Waals surface area contributed by atoms with Gasteiger partial charge in [0.2, 0.25) is 0 Å². The van der Waals surface area contributed by atoms with E-state index >= 15 is 0 Å². The molecule has 0 heterocycles. The maximum atomic E-state index is 5.55. The van der Waals surface area contributed by atoms with Crippen LogP contribution in [0.4, 0.5) is 0 Å². The van der Waals surface area contributed by atoms with E-state index in [-0.39, 0.29) is 0 Å². The van der Waals surface area contributed by atoms with E-state index in [9.17, 15) is 0 Å². The number of halogens is 1. The molecule has 0 aromatic heterocycles. The smallest absolute Gasteiger partial charge is 0.0232 e. The van der Waals surface area contributed by atoms with Gasteiger partial charge in [-0.2, -0.15) is 0 Å². The summed E-state index contributed by atoms with van der Waals surface area (Å²) < 4.78 is 0. The summed E-state index contributed by atoms with van der Waals surface area (Å²) in [6.07, 6.45) is 13.2. The highest BCUT2D eigenvalue weighted by Crippen LogP contribution is 2.24. The van der Waals surface area contributed by atoms with Gasteiger partial charge in [0.05, 0.1) is 0 Å². The first-order valence-corrected chi connectivity index (χ1v) is 6.18. The van der Waals surface area contributed by atoms with Gasteiger partial charge in [-0.1, -0.05) is 37.2 Å². The van der Waals surface area contributed by atoms with Gasteiger partial charge in [0.15, 0.2) is 0 Å². The Morgan fingerprint density at radius 3 is 2.71 bits per heavy atom. The van der Waals surface area contributed by atoms with Gasteiger partial charge in [0.25, 0.3) is 0 Å². The zero-order valence-corrected chi connectivity index (χ0v) is 9.52. The average molecular weight is 211 g/mol. The molecular formula is C13H19Cl. The van der Waals surface area contributed by atoms with E-state index in [4.69, 9.17) is 11.6 Å². The van der Waals surface area contributed by atoms with Crippen LogP contribution in [0.25, 0.3) is 0 Å². The predicted octanol–water partition coefficient (Wildman–Crippen LogP) is 4.15. The Bertz CT molecular complexity index is 213. The van der Waals surface area contributed by atoms with Crippen molar-refractivity contribution in [2.24, 2.45) is 5.92 Å². The Kier molecular flexibility index (Phi) is 6.62. The summed E-state index contributed by atoms with van der Waals surface area (Å²) in [6, 6.07) is 0. The highest BCUT2D eigenvalue weighted by Gasteiger charge is 2.08. The molecule has 14 heavy (non-hydrogen) atoms. The topological polar surface area (TPSA) is 0 Å². The van der Waals surface area contributed by atoms with E-state index in [2.05, 4.69) is 17.9 Å². The fourth-order valence-corrected chi connectivity index (χ4v) is 1.93. The lowest BCUT2D eigenvalue weighted by Crippen LogP contribution is -2.02. The van der Waals surface area contributed by atoms with E-state index in [1.807, 2.05) is 6.08 Å². The number of rotatable bonds is 3. The van der Waals surface area contributed by atoms with Crippen LogP contribution in [0.5, 0.6) is 0 Å². The van der Waals surface area contributed by atoms with E-state index in [1.54, 1.807) is 0 Å². The number of hydrogen-bond donors (Lipinski definition) is 0. The molecule has 0 radical (unpaired) electrons. The summed E-state index contributed by atoms with van der Waals surface area (Å²) in [6.45, 7) is 0. The molecule has 0 unspecified atom stereocenters. The first kappa shape index (κ1) is 11.7. The summed E-state index contributed by atoms with van der Waals surface area (Å²) in [4.78, 5) is 0. The molecule has 1 fully saturated rings. The number of alkyl halides is 1. The van der Waals surface area contributed by atoms with Gasteiger partial charge >= 0.3 is 0 Å². The minimum atomic E-state index is 0.723. The van der Waals surface area contributed by atoms with Crippen molar-refractivity contribution in [3.8, 4) is 11.8 Å². The molecule has 1 aliphatic carbocycles.